The van der Waals surface area contributed by atoms with Crippen molar-refractivity contribution in [2.24, 2.45) is 0 Å². The topological polar surface area (TPSA) is 127 Å². The maximum absolute atomic E-state index is 12.3. The normalized spacial score (nSPS) is 16.3. The summed E-state index contributed by atoms with van der Waals surface area (Å²) in [7, 11) is 0. The van der Waals surface area contributed by atoms with Crippen LogP contribution in [0.25, 0.3) is 11.0 Å². The van der Waals surface area contributed by atoms with Crippen LogP contribution in [-0.4, -0.2) is 42.3 Å². The summed E-state index contributed by atoms with van der Waals surface area (Å²) in [6.07, 6.45) is 1.84. The summed E-state index contributed by atoms with van der Waals surface area (Å²) in [5, 5.41) is 15.4. The number of ether oxygens (including phenoxy) is 2. The zero-order chi connectivity index (χ0) is 21.0. The number of carbonyl (C=O) groups is 3. The van der Waals surface area contributed by atoms with Crippen molar-refractivity contribution in [3.8, 4) is 5.75 Å². The summed E-state index contributed by atoms with van der Waals surface area (Å²) < 4.78 is 15.7. The second-order valence-electron chi connectivity index (χ2n) is 6.45. The number of nitrogens with one attached hydrogen (secondary N) is 2. The molecule has 1 atom stereocenters. The highest BCUT2D eigenvalue weighted by molar-refractivity contribution is 5.95. The first kappa shape index (κ1) is 20.2. The molecule has 3 rings (SSSR count). The molecule has 154 valence electrons. The summed E-state index contributed by atoms with van der Waals surface area (Å²) >= 11 is 0. The van der Waals surface area contributed by atoms with Crippen LogP contribution in [0.4, 0.5) is 4.79 Å². The van der Waals surface area contributed by atoms with Crippen molar-refractivity contribution in [3.63, 3.8) is 0 Å². The van der Waals surface area contributed by atoms with Crippen molar-refractivity contribution >= 4 is 28.9 Å². The van der Waals surface area contributed by atoms with Gasteiger partial charge in [0.2, 0.25) is 0 Å². The Bertz CT molecular complexity index is 976. The Balaban J connectivity index is 1.73. The SMILES string of the molecule is CCOC(=O)C1=C(COC(=O)Cc2coc3cc(O)ccc23)NC(=O)N[C@@H]1CC. The van der Waals surface area contributed by atoms with Gasteiger partial charge in [-0.15, -0.1) is 0 Å². The molecule has 9 nitrogen and oxygen atoms in total. The van der Waals surface area contributed by atoms with E-state index in [2.05, 4.69) is 10.6 Å². The number of urea groups is 1. The Morgan fingerprint density at radius 1 is 1.24 bits per heavy atom. The molecule has 0 saturated heterocycles. The molecule has 1 aliphatic rings. The molecule has 0 bridgehead atoms. The van der Waals surface area contributed by atoms with Crippen LogP contribution in [0.15, 0.2) is 40.1 Å². The highest BCUT2D eigenvalue weighted by Gasteiger charge is 2.32. The molecule has 1 aromatic heterocycles. The molecule has 2 heterocycles. The van der Waals surface area contributed by atoms with Crippen molar-refractivity contribution in [1.29, 1.82) is 0 Å². The second-order valence-corrected chi connectivity index (χ2v) is 6.45. The fraction of sp³-hybridized carbons (Fsp3) is 0.350. The Morgan fingerprint density at radius 3 is 2.76 bits per heavy atom. The summed E-state index contributed by atoms with van der Waals surface area (Å²) in [5.41, 5.74) is 1.50. The maximum Gasteiger partial charge on any atom is 0.338 e. The molecular weight excluding hydrogens is 380 g/mol. The lowest BCUT2D eigenvalue weighted by Gasteiger charge is -2.28. The van der Waals surface area contributed by atoms with Crippen molar-refractivity contribution in [3.05, 3.63) is 41.3 Å². The summed E-state index contributed by atoms with van der Waals surface area (Å²) in [4.78, 5) is 36.5. The van der Waals surface area contributed by atoms with Gasteiger partial charge in [0.15, 0.2) is 0 Å². The van der Waals surface area contributed by atoms with E-state index in [1.807, 2.05) is 6.92 Å². The van der Waals surface area contributed by atoms with E-state index in [9.17, 15) is 19.5 Å². The zero-order valence-electron chi connectivity index (χ0n) is 16.1. The lowest BCUT2D eigenvalue weighted by atomic mass is 10.0. The van der Waals surface area contributed by atoms with E-state index in [0.29, 0.717) is 23.0 Å². The van der Waals surface area contributed by atoms with E-state index >= 15 is 0 Å². The molecule has 1 aliphatic heterocycles. The molecule has 0 spiro atoms. The number of phenols is 1. The molecule has 0 unspecified atom stereocenters. The average Bonchev–Trinajstić information content (AvgIpc) is 3.07. The minimum absolute atomic E-state index is 0.0616. The van der Waals surface area contributed by atoms with Gasteiger partial charge in [-0.05, 0) is 25.5 Å². The van der Waals surface area contributed by atoms with Gasteiger partial charge >= 0.3 is 18.0 Å². The van der Waals surface area contributed by atoms with Gasteiger partial charge in [0.1, 0.15) is 17.9 Å². The van der Waals surface area contributed by atoms with Crippen molar-refractivity contribution in [2.75, 3.05) is 13.2 Å². The number of carbonyl (C=O) groups excluding carboxylic acids is 3. The molecule has 9 heteroatoms. The van der Waals surface area contributed by atoms with Gasteiger partial charge in [-0.2, -0.15) is 0 Å². The molecule has 29 heavy (non-hydrogen) atoms. The number of phenolic OH excluding ortho intramolecular Hbond substituents is 1. The molecule has 0 radical (unpaired) electrons. The number of esters is 2. The Labute approximate surface area is 166 Å². The standard InChI is InChI=1S/C20H22N2O7/c1-3-14-18(19(25)27-4-2)15(22-20(26)21-14)10-29-17(24)7-11-9-28-16-8-12(23)5-6-13(11)16/h5-6,8-9,14,23H,3-4,7,10H2,1-2H3,(H2,21,22,26)/t14-/m1/s1. The predicted molar refractivity (Wildman–Crippen MR) is 102 cm³/mol. The number of amides is 2. The van der Waals surface area contributed by atoms with Crippen molar-refractivity contribution in [1.82, 2.24) is 10.6 Å². The van der Waals surface area contributed by atoms with E-state index in [1.165, 1.54) is 18.4 Å². The third-order valence-electron chi connectivity index (χ3n) is 4.50. The Hall–Kier alpha value is -3.49. The quantitative estimate of drug-likeness (QED) is 0.606. The highest BCUT2D eigenvalue weighted by atomic mass is 16.5. The summed E-state index contributed by atoms with van der Waals surface area (Å²) in [6, 6.07) is 3.60. The Morgan fingerprint density at radius 2 is 2.03 bits per heavy atom. The molecular formula is C20H22N2O7. The first-order valence-corrected chi connectivity index (χ1v) is 9.25. The minimum atomic E-state index is -0.571. The van der Waals surface area contributed by atoms with E-state index in [4.69, 9.17) is 13.9 Å². The Kier molecular flexibility index (Phi) is 6.06. The maximum atomic E-state index is 12.3. The van der Waals surface area contributed by atoms with E-state index < -0.39 is 24.0 Å². The number of rotatable bonds is 7. The molecule has 0 fully saturated rings. The van der Waals surface area contributed by atoms with Crippen LogP contribution >= 0.6 is 0 Å². The van der Waals surface area contributed by atoms with Gasteiger partial charge in [-0.25, -0.2) is 9.59 Å². The number of hydrogen-bond acceptors (Lipinski definition) is 7. The summed E-state index contributed by atoms with van der Waals surface area (Å²) in [5.74, 6) is -1.07. The third-order valence-corrected chi connectivity index (χ3v) is 4.50. The average molecular weight is 402 g/mol. The summed E-state index contributed by atoms with van der Waals surface area (Å²) in [6.45, 7) is 3.42. The van der Waals surface area contributed by atoms with E-state index in [0.717, 1.165) is 0 Å². The molecule has 1 aromatic carbocycles. The zero-order valence-corrected chi connectivity index (χ0v) is 16.1. The number of benzene rings is 1. The van der Waals surface area contributed by atoms with Crippen LogP contribution in [0.1, 0.15) is 25.8 Å². The van der Waals surface area contributed by atoms with Crippen LogP contribution < -0.4 is 10.6 Å². The van der Waals surface area contributed by atoms with Gasteiger partial charge in [-0.3, -0.25) is 4.79 Å². The lowest BCUT2D eigenvalue weighted by Crippen LogP contribution is -2.51. The van der Waals surface area contributed by atoms with E-state index in [-0.39, 0.29) is 36.7 Å². The molecule has 0 aliphatic carbocycles. The first-order valence-electron chi connectivity index (χ1n) is 9.25. The lowest BCUT2D eigenvalue weighted by molar-refractivity contribution is -0.143. The van der Waals surface area contributed by atoms with Crippen LogP contribution in [0, 0.1) is 0 Å². The van der Waals surface area contributed by atoms with Crippen LogP contribution in [0.5, 0.6) is 5.75 Å². The smallest absolute Gasteiger partial charge is 0.338 e. The second kappa shape index (κ2) is 8.68. The number of aromatic hydroxyl groups is 1. The minimum Gasteiger partial charge on any atom is -0.508 e. The van der Waals surface area contributed by atoms with Gasteiger partial charge in [0.25, 0.3) is 0 Å². The fourth-order valence-corrected chi connectivity index (χ4v) is 3.14. The largest absolute Gasteiger partial charge is 0.508 e. The first-order chi connectivity index (χ1) is 13.9. The van der Waals surface area contributed by atoms with Gasteiger partial charge < -0.3 is 29.6 Å². The third kappa shape index (κ3) is 4.50. The van der Waals surface area contributed by atoms with Crippen molar-refractivity contribution in [2.45, 2.75) is 32.7 Å². The molecule has 2 aromatic rings. The fourth-order valence-electron chi connectivity index (χ4n) is 3.14. The van der Waals surface area contributed by atoms with Crippen LogP contribution in [-0.2, 0) is 25.5 Å². The number of fused-ring (bicyclic) bond motifs is 1. The highest BCUT2D eigenvalue weighted by Crippen LogP contribution is 2.25. The molecule has 2 amide bonds. The predicted octanol–water partition coefficient (Wildman–Crippen LogP) is 2.13. The van der Waals surface area contributed by atoms with Crippen molar-refractivity contribution < 1.29 is 33.4 Å². The monoisotopic (exact) mass is 402 g/mol. The molecule has 0 saturated carbocycles. The van der Waals surface area contributed by atoms with Gasteiger partial charge in [0.05, 0.1) is 36.6 Å². The van der Waals surface area contributed by atoms with E-state index in [1.54, 1.807) is 13.0 Å². The molecule has 3 N–H and O–H groups in total. The van der Waals surface area contributed by atoms with Crippen LogP contribution in [0.3, 0.4) is 0 Å². The van der Waals surface area contributed by atoms with Gasteiger partial charge in [-0.1, -0.05) is 6.92 Å². The number of furan rings is 1. The number of hydrogen-bond donors (Lipinski definition) is 3. The van der Waals surface area contributed by atoms with Crippen LogP contribution in [0.2, 0.25) is 0 Å². The van der Waals surface area contributed by atoms with Gasteiger partial charge in [0, 0.05) is 17.0 Å².